The number of carbonyl (C=O) groups excluding carboxylic acids is 1. The van der Waals surface area contributed by atoms with Gasteiger partial charge in [0.15, 0.2) is 0 Å². The third-order valence-corrected chi connectivity index (χ3v) is 3.41. The number of benzene rings is 1. The Labute approximate surface area is 130 Å². The van der Waals surface area contributed by atoms with E-state index in [4.69, 9.17) is 0 Å². The van der Waals surface area contributed by atoms with Crippen molar-refractivity contribution < 1.29 is 9.18 Å². The lowest BCUT2D eigenvalue weighted by Crippen LogP contribution is -2.18. The van der Waals surface area contributed by atoms with Crippen molar-refractivity contribution >= 4 is 11.6 Å². The molecule has 0 aliphatic carbocycles. The lowest BCUT2D eigenvalue weighted by molar-refractivity contribution is -0.115. The summed E-state index contributed by atoms with van der Waals surface area (Å²) < 4.78 is 14.3. The molecular weight excluding hydrogens is 279 g/mol. The van der Waals surface area contributed by atoms with E-state index in [1.54, 1.807) is 18.5 Å². The molecule has 22 heavy (non-hydrogen) atoms. The van der Waals surface area contributed by atoms with Crippen molar-refractivity contribution in [1.82, 2.24) is 4.98 Å². The number of nitrogens with zero attached hydrogens (tertiary/aromatic N) is 1. The molecule has 1 N–H and O–H groups in total. The fourth-order valence-electron chi connectivity index (χ4n) is 2.66. The van der Waals surface area contributed by atoms with Crippen LogP contribution in [0, 0.1) is 12.7 Å². The number of anilines is 1. The number of hydrogen-bond donors (Lipinski definition) is 1. The molecule has 0 spiro atoms. The Morgan fingerprint density at radius 2 is 2.05 bits per heavy atom. The minimum Gasteiger partial charge on any atom is -0.326 e. The third kappa shape index (κ3) is 3.91. The van der Waals surface area contributed by atoms with Crippen LogP contribution in [0.15, 0.2) is 36.7 Å². The van der Waals surface area contributed by atoms with Crippen LogP contribution >= 0.6 is 0 Å². The minimum atomic E-state index is -0.288. The zero-order chi connectivity index (χ0) is 16.3. The number of rotatable bonds is 3. The Kier molecular flexibility index (Phi) is 4.59. The van der Waals surface area contributed by atoms with Crippen LogP contribution in [0.3, 0.4) is 0 Å². The Bertz CT molecular complexity index is 652. The van der Waals surface area contributed by atoms with Gasteiger partial charge in [0.05, 0.1) is 6.42 Å². The van der Waals surface area contributed by atoms with Crippen LogP contribution in [-0.2, 0) is 16.6 Å². The highest BCUT2D eigenvalue weighted by Crippen LogP contribution is 2.30. The average molecular weight is 300 g/mol. The fraction of sp³-hybridized carbons (Fsp3) is 0.333. The monoisotopic (exact) mass is 300 g/mol. The van der Waals surface area contributed by atoms with Crippen molar-refractivity contribution in [2.24, 2.45) is 0 Å². The van der Waals surface area contributed by atoms with Crippen molar-refractivity contribution in [1.29, 1.82) is 0 Å². The average Bonchev–Trinajstić information content (AvgIpc) is 2.36. The molecule has 2 aromatic rings. The maximum atomic E-state index is 14.3. The van der Waals surface area contributed by atoms with Crippen molar-refractivity contribution in [2.75, 3.05) is 5.32 Å². The Morgan fingerprint density at radius 1 is 1.32 bits per heavy atom. The number of pyridine rings is 1. The van der Waals surface area contributed by atoms with Crippen LogP contribution in [0.25, 0.3) is 0 Å². The second-order valence-electron chi connectivity index (χ2n) is 6.49. The number of halogens is 1. The predicted octanol–water partition coefficient (Wildman–Crippen LogP) is 4.01. The molecule has 1 amide bonds. The van der Waals surface area contributed by atoms with Gasteiger partial charge in [0.1, 0.15) is 5.82 Å². The van der Waals surface area contributed by atoms with E-state index in [1.807, 2.05) is 39.8 Å². The Morgan fingerprint density at radius 3 is 2.59 bits per heavy atom. The third-order valence-electron chi connectivity index (χ3n) is 3.41. The first kappa shape index (κ1) is 16.1. The molecule has 4 heteroatoms. The van der Waals surface area contributed by atoms with Gasteiger partial charge in [-0.1, -0.05) is 26.8 Å². The molecule has 0 bridgehead atoms. The van der Waals surface area contributed by atoms with Crippen LogP contribution in [0.5, 0.6) is 0 Å². The summed E-state index contributed by atoms with van der Waals surface area (Å²) in [6.45, 7) is 7.78. The molecule has 1 aromatic carbocycles. The van der Waals surface area contributed by atoms with E-state index in [0.29, 0.717) is 11.3 Å². The van der Waals surface area contributed by atoms with E-state index >= 15 is 0 Å². The lowest BCUT2D eigenvalue weighted by Gasteiger charge is -2.23. The zero-order valence-electron chi connectivity index (χ0n) is 13.4. The van der Waals surface area contributed by atoms with E-state index < -0.39 is 0 Å². The minimum absolute atomic E-state index is 0.185. The standard InChI is InChI=1S/C18H21FN2O/c1-12-8-14(10-15(19)17(12)18(2,3)4)21-16(22)9-13-6-5-7-20-11-13/h5-8,10-11H,9H2,1-4H3,(H,21,22). The lowest BCUT2D eigenvalue weighted by atomic mass is 9.83. The van der Waals surface area contributed by atoms with Crippen LogP contribution in [-0.4, -0.2) is 10.9 Å². The molecule has 1 aromatic heterocycles. The molecule has 2 rings (SSSR count). The number of carbonyl (C=O) groups is 1. The van der Waals surface area contributed by atoms with Crippen LogP contribution in [0.2, 0.25) is 0 Å². The van der Waals surface area contributed by atoms with Crippen molar-refractivity contribution in [3.63, 3.8) is 0 Å². The van der Waals surface area contributed by atoms with Crippen LogP contribution in [0.1, 0.15) is 37.5 Å². The number of aryl methyl sites for hydroxylation is 1. The van der Waals surface area contributed by atoms with Crippen molar-refractivity contribution in [2.45, 2.75) is 39.5 Å². The maximum Gasteiger partial charge on any atom is 0.228 e. The van der Waals surface area contributed by atoms with Crippen molar-refractivity contribution in [3.8, 4) is 0 Å². The number of amides is 1. The highest BCUT2D eigenvalue weighted by Gasteiger charge is 2.21. The van der Waals surface area contributed by atoms with E-state index in [1.165, 1.54) is 6.07 Å². The molecule has 0 saturated carbocycles. The molecule has 1 heterocycles. The van der Waals surface area contributed by atoms with Crippen molar-refractivity contribution in [3.05, 3.63) is 59.2 Å². The molecule has 0 aliphatic rings. The second-order valence-corrected chi connectivity index (χ2v) is 6.49. The highest BCUT2D eigenvalue weighted by atomic mass is 19.1. The summed E-state index contributed by atoms with van der Waals surface area (Å²) in [6, 6.07) is 6.81. The zero-order valence-corrected chi connectivity index (χ0v) is 13.4. The Balaban J connectivity index is 2.16. The fourth-order valence-corrected chi connectivity index (χ4v) is 2.66. The van der Waals surface area contributed by atoms with Gasteiger partial charge in [-0.3, -0.25) is 9.78 Å². The van der Waals surface area contributed by atoms with Gasteiger partial charge < -0.3 is 5.32 Å². The molecular formula is C18H21FN2O. The molecule has 116 valence electrons. The summed E-state index contributed by atoms with van der Waals surface area (Å²) in [6.07, 6.45) is 3.52. The van der Waals surface area contributed by atoms with E-state index in [2.05, 4.69) is 10.3 Å². The highest BCUT2D eigenvalue weighted by molar-refractivity contribution is 5.92. The van der Waals surface area contributed by atoms with Gasteiger partial charge in [0.25, 0.3) is 0 Å². The molecule has 3 nitrogen and oxygen atoms in total. The van der Waals surface area contributed by atoms with Gasteiger partial charge in [0.2, 0.25) is 5.91 Å². The van der Waals surface area contributed by atoms with Gasteiger partial charge in [-0.05, 0) is 47.2 Å². The summed E-state index contributed by atoms with van der Waals surface area (Å²) in [5.74, 6) is -0.473. The van der Waals surface area contributed by atoms with E-state index in [9.17, 15) is 9.18 Å². The van der Waals surface area contributed by atoms with Gasteiger partial charge >= 0.3 is 0 Å². The molecule has 0 aliphatic heterocycles. The van der Waals surface area contributed by atoms with E-state index in [0.717, 1.165) is 11.1 Å². The summed E-state index contributed by atoms with van der Waals surface area (Å²) in [5.41, 5.74) is 2.55. The van der Waals surface area contributed by atoms with Gasteiger partial charge in [-0.25, -0.2) is 4.39 Å². The first-order chi connectivity index (χ1) is 10.3. The number of aromatic nitrogens is 1. The topological polar surface area (TPSA) is 42.0 Å². The largest absolute Gasteiger partial charge is 0.326 e. The first-order valence-corrected chi connectivity index (χ1v) is 7.27. The molecule has 0 atom stereocenters. The Hall–Kier alpha value is -2.23. The second kappa shape index (κ2) is 6.26. The molecule has 0 radical (unpaired) electrons. The molecule has 0 unspecified atom stereocenters. The van der Waals surface area contributed by atoms with E-state index in [-0.39, 0.29) is 23.6 Å². The predicted molar refractivity (Wildman–Crippen MR) is 86.4 cm³/mol. The normalized spacial score (nSPS) is 11.3. The summed E-state index contributed by atoms with van der Waals surface area (Å²) in [5, 5.41) is 2.74. The first-order valence-electron chi connectivity index (χ1n) is 7.27. The summed E-state index contributed by atoms with van der Waals surface area (Å²) in [7, 11) is 0. The van der Waals surface area contributed by atoms with Crippen LogP contribution in [0.4, 0.5) is 10.1 Å². The van der Waals surface area contributed by atoms with Gasteiger partial charge in [0, 0.05) is 18.1 Å². The van der Waals surface area contributed by atoms with Crippen LogP contribution < -0.4 is 5.32 Å². The maximum absolute atomic E-state index is 14.3. The quantitative estimate of drug-likeness (QED) is 0.930. The number of nitrogens with one attached hydrogen (secondary N) is 1. The summed E-state index contributed by atoms with van der Waals surface area (Å²) >= 11 is 0. The van der Waals surface area contributed by atoms with Gasteiger partial charge in [-0.15, -0.1) is 0 Å². The SMILES string of the molecule is Cc1cc(NC(=O)Cc2cccnc2)cc(F)c1C(C)(C)C. The van der Waals surface area contributed by atoms with Gasteiger partial charge in [-0.2, -0.15) is 0 Å². The summed E-state index contributed by atoms with van der Waals surface area (Å²) in [4.78, 5) is 16.0. The number of hydrogen-bond acceptors (Lipinski definition) is 2. The smallest absolute Gasteiger partial charge is 0.228 e. The molecule has 0 saturated heterocycles. The molecule has 0 fully saturated rings.